The van der Waals surface area contributed by atoms with E-state index in [0.29, 0.717) is 5.92 Å². The molecule has 116 valence electrons. The van der Waals surface area contributed by atoms with E-state index in [9.17, 15) is 4.79 Å². The second-order valence-electron chi connectivity index (χ2n) is 5.87. The van der Waals surface area contributed by atoms with E-state index in [2.05, 4.69) is 24.1 Å². The van der Waals surface area contributed by atoms with Gasteiger partial charge in [-0.25, -0.2) is 4.98 Å². The summed E-state index contributed by atoms with van der Waals surface area (Å²) in [6.45, 7) is 5.86. The molecule has 0 atom stereocenters. The van der Waals surface area contributed by atoms with Crippen LogP contribution in [0.4, 0.5) is 5.82 Å². The minimum absolute atomic E-state index is 0.139. The summed E-state index contributed by atoms with van der Waals surface area (Å²) < 4.78 is 0. The van der Waals surface area contributed by atoms with Crippen molar-refractivity contribution in [2.24, 2.45) is 5.92 Å². The molecule has 0 saturated heterocycles. The van der Waals surface area contributed by atoms with Crippen molar-refractivity contribution in [3.63, 3.8) is 0 Å². The van der Waals surface area contributed by atoms with Crippen LogP contribution in [-0.4, -0.2) is 35.9 Å². The molecule has 0 aliphatic heterocycles. The highest BCUT2D eigenvalue weighted by Crippen LogP contribution is 2.27. The molecule has 1 N–H and O–H groups in total. The predicted octanol–water partition coefficient (Wildman–Crippen LogP) is 3.34. The summed E-state index contributed by atoms with van der Waals surface area (Å²) in [5.41, 5.74) is 1.76. The Hall–Kier alpha value is -1.58. The van der Waals surface area contributed by atoms with E-state index in [4.69, 9.17) is 0 Å². The summed E-state index contributed by atoms with van der Waals surface area (Å²) in [5.74, 6) is 1.62. The van der Waals surface area contributed by atoms with E-state index >= 15 is 0 Å². The van der Waals surface area contributed by atoms with Crippen molar-refractivity contribution in [3.8, 4) is 0 Å². The molecule has 0 spiro atoms. The Morgan fingerprint density at radius 3 is 2.67 bits per heavy atom. The molecule has 1 amide bonds. The van der Waals surface area contributed by atoms with Crippen LogP contribution in [0.1, 0.15) is 55.6 Å². The summed E-state index contributed by atoms with van der Waals surface area (Å²) in [6.07, 6.45) is 5.79. The van der Waals surface area contributed by atoms with Crippen molar-refractivity contribution >= 4 is 11.7 Å². The third-order valence-corrected chi connectivity index (χ3v) is 4.26. The number of rotatable bonds is 7. The molecule has 0 radical (unpaired) electrons. The van der Waals surface area contributed by atoms with Crippen LogP contribution in [-0.2, 0) is 6.42 Å². The number of amides is 1. The summed E-state index contributed by atoms with van der Waals surface area (Å²) in [4.78, 5) is 19.2. The summed E-state index contributed by atoms with van der Waals surface area (Å²) in [6, 6.07) is 3.82. The number of anilines is 1. The van der Waals surface area contributed by atoms with Crippen LogP contribution in [0.3, 0.4) is 0 Å². The van der Waals surface area contributed by atoms with Gasteiger partial charge in [0, 0.05) is 31.4 Å². The van der Waals surface area contributed by atoms with Gasteiger partial charge in [-0.15, -0.1) is 0 Å². The maximum absolute atomic E-state index is 12.7. The number of aromatic nitrogens is 1. The number of hydrogen-bond donors (Lipinski definition) is 1. The van der Waals surface area contributed by atoms with Crippen molar-refractivity contribution < 1.29 is 4.79 Å². The van der Waals surface area contributed by atoms with Gasteiger partial charge in [0.1, 0.15) is 5.82 Å². The fraction of sp³-hybridized carbons (Fsp3) is 0.647. The molecule has 4 nitrogen and oxygen atoms in total. The van der Waals surface area contributed by atoms with E-state index in [0.717, 1.165) is 43.0 Å². The first-order valence-electron chi connectivity index (χ1n) is 8.15. The molecule has 0 unspecified atom stereocenters. The van der Waals surface area contributed by atoms with Crippen LogP contribution in [0.25, 0.3) is 0 Å². The van der Waals surface area contributed by atoms with Gasteiger partial charge >= 0.3 is 0 Å². The van der Waals surface area contributed by atoms with Crippen LogP contribution in [0, 0.1) is 5.92 Å². The van der Waals surface area contributed by atoms with E-state index in [1.54, 1.807) is 0 Å². The third-order valence-electron chi connectivity index (χ3n) is 4.26. The number of hydrogen-bond acceptors (Lipinski definition) is 3. The van der Waals surface area contributed by atoms with Crippen LogP contribution in [0.2, 0.25) is 0 Å². The average molecular weight is 289 g/mol. The highest BCUT2D eigenvalue weighted by Gasteiger charge is 2.23. The SMILES string of the molecule is CCCc1cc(C(=O)N(CC)CC2CCC2)cc(NC)n1. The standard InChI is InChI=1S/C17H27N3O/c1-4-7-15-10-14(11-16(18-3)19-15)17(21)20(5-2)12-13-8-6-9-13/h10-11,13H,4-9,12H2,1-3H3,(H,18,19). The van der Waals surface area contributed by atoms with Crippen LogP contribution < -0.4 is 5.32 Å². The molecule has 1 heterocycles. The van der Waals surface area contributed by atoms with Gasteiger partial charge in [0.2, 0.25) is 0 Å². The number of nitrogens with zero attached hydrogens (tertiary/aromatic N) is 2. The quantitative estimate of drug-likeness (QED) is 0.837. The van der Waals surface area contributed by atoms with Gasteiger partial charge in [-0.05, 0) is 44.2 Å². The van der Waals surface area contributed by atoms with Crippen LogP contribution >= 0.6 is 0 Å². The lowest BCUT2D eigenvalue weighted by Crippen LogP contribution is -2.37. The molecule has 4 heteroatoms. The summed E-state index contributed by atoms with van der Waals surface area (Å²) in [7, 11) is 1.85. The van der Waals surface area contributed by atoms with Gasteiger partial charge < -0.3 is 10.2 Å². The molecular weight excluding hydrogens is 262 g/mol. The van der Waals surface area contributed by atoms with Gasteiger partial charge in [-0.3, -0.25) is 4.79 Å². The van der Waals surface area contributed by atoms with Gasteiger partial charge in [0.25, 0.3) is 5.91 Å². The van der Waals surface area contributed by atoms with Gasteiger partial charge in [0.15, 0.2) is 0 Å². The molecule has 1 aromatic heterocycles. The maximum atomic E-state index is 12.7. The first-order valence-corrected chi connectivity index (χ1v) is 8.15. The molecule has 1 saturated carbocycles. The topological polar surface area (TPSA) is 45.2 Å². The summed E-state index contributed by atoms with van der Waals surface area (Å²) in [5, 5.41) is 3.06. The van der Waals surface area contributed by atoms with Crippen molar-refractivity contribution in [2.75, 3.05) is 25.5 Å². The lowest BCUT2D eigenvalue weighted by molar-refractivity contribution is 0.0706. The smallest absolute Gasteiger partial charge is 0.254 e. The van der Waals surface area contributed by atoms with Gasteiger partial charge in [-0.1, -0.05) is 19.8 Å². The minimum Gasteiger partial charge on any atom is -0.373 e. The zero-order valence-electron chi connectivity index (χ0n) is 13.5. The lowest BCUT2D eigenvalue weighted by atomic mass is 9.85. The van der Waals surface area contributed by atoms with Crippen molar-refractivity contribution in [1.29, 1.82) is 0 Å². The average Bonchev–Trinajstić information content (AvgIpc) is 2.45. The monoisotopic (exact) mass is 289 g/mol. The van der Waals surface area contributed by atoms with Crippen LogP contribution in [0.15, 0.2) is 12.1 Å². The molecule has 1 fully saturated rings. The molecule has 2 rings (SSSR count). The molecule has 0 bridgehead atoms. The van der Waals surface area contributed by atoms with E-state index in [1.807, 2.05) is 24.1 Å². The normalized spacial score (nSPS) is 14.6. The largest absolute Gasteiger partial charge is 0.373 e. The first kappa shape index (κ1) is 15.8. The van der Waals surface area contributed by atoms with Crippen molar-refractivity contribution in [2.45, 2.75) is 46.0 Å². The maximum Gasteiger partial charge on any atom is 0.254 e. The minimum atomic E-state index is 0.139. The second kappa shape index (κ2) is 7.43. The number of nitrogens with one attached hydrogen (secondary N) is 1. The Labute approximate surface area is 127 Å². The fourth-order valence-electron chi connectivity index (χ4n) is 2.75. The van der Waals surface area contributed by atoms with E-state index in [1.165, 1.54) is 19.3 Å². The fourth-order valence-corrected chi connectivity index (χ4v) is 2.75. The Bertz CT molecular complexity index is 483. The molecule has 1 aliphatic carbocycles. The highest BCUT2D eigenvalue weighted by atomic mass is 16.2. The highest BCUT2D eigenvalue weighted by molar-refractivity contribution is 5.95. The van der Waals surface area contributed by atoms with Crippen molar-refractivity contribution in [3.05, 3.63) is 23.4 Å². The lowest BCUT2D eigenvalue weighted by Gasteiger charge is -2.32. The molecule has 1 aromatic rings. The second-order valence-corrected chi connectivity index (χ2v) is 5.87. The van der Waals surface area contributed by atoms with Crippen LogP contribution in [0.5, 0.6) is 0 Å². The first-order chi connectivity index (χ1) is 10.2. The van der Waals surface area contributed by atoms with Crippen molar-refractivity contribution in [1.82, 2.24) is 9.88 Å². The Kier molecular flexibility index (Phi) is 5.59. The van der Waals surface area contributed by atoms with Gasteiger partial charge in [0.05, 0.1) is 0 Å². The van der Waals surface area contributed by atoms with E-state index < -0.39 is 0 Å². The molecule has 0 aromatic carbocycles. The molecule has 1 aliphatic rings. The summed E-state index contributed by atoms with van der Waals surface area (Å²) >= 11 is 0. The third kappa shape index (κ3) is 3.96. The zero-order valence-corrected chi connectivity index (χ0v) is 13.5. The zero-order chi connectivity index (χ0) is 15.2. The molecule has 21 heavy (non-hydrogen) atoms. The number of aryl methyl sites for hydroxylation is 1. The number of pyridine rings is 1. The number of carbonyl (C=O) groups is 1. The molecular formula is C17H27N3O. The Morgan fingerprint density at radius 2 is 2.14 bits per heavy atom. The number of carbonyl (C=O) groups excluding carboxylic acids is 1. The van der Waals surface area contributed by atoms with E-state index in [-0.39, 0.29) is 5.91 Å². The van der Waals surface area contributed by atoms with Gasteiger partial charge in [-0.2, -0.15) is 0 Å². The Balaban J connectivity index is 2.16. The predicted molar refractivity (Wildman–Crippen MR) is 86.7 cm³/mol. The Morgan fingerprint density at radius 1 is 1.38 bits per heavy atom.